The molecule has 0 aromatic rings. The maximum Gasteiger partial charge on any atom is 0.417 e. The van der Waals surface area contributed by atoms with Crippen molar-refractivity contribution in [1.82, 2.24) is 0 Å². The molecule has 1 aliphatic heterocycles. The van der Waals surface area contributed by atoms with Gasteiger partial charge in [0.05, 0.1) is 11.8 Å². The normalized spacial score (nSPS) is 45.2. The number of ether oxygens (including phenoxy) is 1. The van der Waals surface area contributed by atoms with Gasteiger partial charge in [0.1, 0.15) is 6.10 Å². The van der Waals surface area contributed by atoms with Crippen LogP contribution < -0.4 is 0 Å². The van der Waals surface area contributed by atoms with Gasteiger partial charge in [-0.2, -0.15) is 13.2 Å². The molecule has 6 unspecified atom stereocenters. The van der Waals surface area contributed by atoms with E-state index in [-0.39, 0.29) is 0 Å². The molecule has 0 saturated carbocycles. The Morgan fingerprint density at radius 1 is 1.07 bits per heavy atom. The Balaban J connectivity index is 2.81. The van der Waals surface area contributed by atoms with Gasteiger partial charge in [-0.1, -0.05) is 0 Å². The van der Waals surface area contributed by atoms with E-state index in [2.05, 4.69) is 4.74 Å². The quantitative estimate of drug-likeness (QED) is 0.481. The van der Waals surface area contributed by atoms with Crippen LogP contribution in [0, 0.1) is 0 Å². The molecule has 0 radical (unpaired) electrons. The lowest BCUT2D eigenvalue weighted by Crippen LogP contribution is -2.59. The highest BCUT2D eigenvalue weighted by Crippen LogP contribution is 2.34. The van der Waals surface area contributed by atoms with E-state index in [1.807, 2.05) is 9.24 Å². The summed E-state index contributed by atoms with van der Waals surface area (Å²) >= 11 is 0. The first-order valence-corrected chi connectivity index (χ1v) is 4.43. The van der Waals surface area contributed by atoms with Crippen LogP contribution >= 0.6 is 9.24 Å². The summed E-state index contributed by atoms with van der Waals surface area (Å²) in [5.74, 6) is 0. The van der Waals surface area contributed by atoms with Crippen molar-refractivity contribution in [1.29, 1.82) is 0 Å². The standard InChI is InChI=1S/C6H10F3O4P/c7-6(8,9)4-2(11)1(10)3(14)5(12)13-4/h1-5,10-12H,14H2. The number of aliphatic hydroxyl groups excluding tert-OH is 3. The second-order valence-electron chi connectivity index (χ2n) is 3.05. The van der Waals surface area contributed by atoms with Crippen LogP contribution in [0.4, 0.5) is 13.2 Å². The molecule has 1 saturated heterocycles. The fourth-order valence-corrected chi connectivity index (χ4v) is 1.49. The van der Waals surface area contributed by atoms with Gasteiger partial charge < -0.3 is 20.1 Å². The summed E-state index contributed by atoms with van der Waals surface area (Å²) in [5.41, 5.74) is -1.04. The van der Waals surface area contributed by atoms with Crippen LogP contribution in [-0.2, 0) is 4.74 Å². The maximum atomic E-state index is 12.2. The molecule has 1 aliphatic rings. The van der Waals surface area contributed by atoms with Crippen LogP contribution in [0.1, 0.15) is 0 Å². The molecule has 1 fully saturated rings. The summed E-state index contributed by atoms with van der Waals surface area (Å²) in [4.78, 5) is 0. The third kappa shape index (κ3) is 2.17. The van der Waals surface area contributed by atoms with Gasteiger partial charge in [0.2, 0.25) is 0 Å². The molecule has 0 aromatic carbocycles. The van der Waals surface area contributed by atoms with E-state index >= 15 is 0 Å². The van der Waals surface area contributed by atoms with Gasteiger partial charge in [-0.25, -0.2) is 0 Å². The average molecular weight is 234 g/mol. The summed E-state index contributed by atoms with van der Waals surface area (Å²) in [5, 5.41) is 27.2. The predicted octanol–water partition coefficient (Wildman–Crippen LogP) is -0.769. The van der Waals surface area contributed by atoms with Gasteiger partial charge in [0.15, 0.2) is 12.4 Å². The molecule has 0 bridgehead atoms. The van der Waals surface area contributed by atoms with Crippen LogP contribution in [0.2, 0.25) is 0 Å². The van der Waals surface area contributed by atoms with E-state index in [1.54, 1.807) is 0 Å². The summed E-state index contributed by atoms with van der Waals surface area (Å²) in [6, 6.07) is 0. The zero-order valence-corrected chi connectivity index (χ0v) is 8.00. The van der Waals surface area contributed by atoms with Crippen molar-refractivity contribution < 1.29 is 33.2 Å². The van der Waals surface area contributed by atoms with E-state index < -0.39 is 36.4 Å². The molecule has 0 aliphatic carbocycles. The zero-order valence-electron chi connectivity index (χ0n) is 6.85. The van der Waals surface area contributed by atoms with Crippen molar-refractivity contribution in [2.45, 2.75) is 36.4 Å². The summed E-state index contributed by atoms with van der Waals surface area (Å²) in [6.07, 6.45) is -12.9. The van der Waals surface area contributed by atoms with Crippen LogP contribution in [0.5, 0.6) is 0 Å². The molecule has 3 N–H and O–H groups in total. The van der Waals surface area contributed by atoms with E-state index in [4.69, 9.17) is 15.3 Å². The lowest BCUT2D eigenvalue weighted by molar-refractivity contribution is -0.317. The monoisotopic (exact) mass is 234 g/mol. The molecule has 14 heavy (non-hydrogen) atoms. The summed E-state index contributed by atoms with van der Waals surface area (Å²) in [6.45, 7) is 0. The molecule has 0 aromatic heterocycles. The third-order valence-corrected chi connectivity index (χ3v) is 2.72. The Morgan fingerprint density at radius 3 is 2.00 bits per heavy atom. The van der Waals surface area contributed by atoms with Crippen molar-refractivity contribution in [3.8, 4) is 0 Å². The number of rotatable bonds is 0. The highest BCUT2D eigenvalue weighted by molar-refractivity contribution is 7.17. The lowest BCUT2D eigenvalue weighted by Gasteiger charge is -2.39. The average Bonchev–Trinajstić information content (AvgIpc) is 2.06. The Morgan fingerprint density at radius 2 is 1.57 bits per heavy atom. The minimum absolute atomic E-state index is 1.04. The van der Waals surface area contributed by atoms with Crippen molar-refractivity contribution in [2.24, 2.45) is 0 Å². The predicted molar refractivity (Wildman–Crippen MR) is 42.4 cm³/mol. The Bertz CT molecular complexity index is 212. The Hall–Kier alpha value is 0.0600. The van der Waals surface area contributed by atoms with Gasteiger partial charge in [-0.3, -0.25) is 0 Å². The van der Waals surface area contributed by atoms with E-state index in [1.165, 1.54) is 0 Å². The summed E-state index contributed by atoms with van der Waals surface area (Å²) in [7, 11) is 1.91. The molecule has 0 spiro atoms. The van der Waals surface area contributed by atoms with E-state index in [9.17, 15) is 13.2 Å². The van der Waals surface area contributed by atoms with Gasteiger partial charge in [-0.15, -0.1) is 9.24 Å². The van der Waals surface area contributed by atoms with Crippen molar-refractivity contribution >= 4 is 9.24 Å². The van der Waals surface area contributed by atoms with Crippen LogP contribution in [0.15, 0.2) is 0 Å². The minimum atomic E-state index is -4.81. The molecule has 4 nitrogen and oxygen atoms in total. The summed E-state index contributed by atoms with van der Waals surface area (Å²) < 4.78 is 40.6. The molecular formula is C6H10F3O4P. The number of halogens is 3. The number of aliphatic hydroxyl groups is 3. The molecule has 0 amide bonds. The first-order chi connectivity index (χ1) is 6.25. The van der Waals surface area contributed by atoms with E-state index in [0.717, 1.165) is 0 Å². The molecule has 8 heteroatoms. The maximum absolute atomic E-state index is 12.2. The fraction of sp³-hybridized carbons (Fsp3) is 1.00. The van der Waals surface area contributed by atoms with Gasteiger partial charge >= 0.3 is 6.18 Å². The van der Waals surface area contributed by atoms with E-state index in [0.29, 0.717) is 0 Å². The topological polar surface area (TPSA) is 69.9 Å². The molecule has 1 rings (SSSR count). The van der Waals surface area contributed by atoms with Crippen molar-refractivity contribution in [2.75, 3.05) is 0 Å². The highest BCUT2D eigenvalue weighted by atomic mass is 31.0. The smallest absolute Gasteiger partial charge is 0.389 e. The fourth-order valence-electron chi connectivity index (χ4n) is 1.17. The van der Waals surface area contributed by atoms with Crippen LogP contribution in [-0.4, -0.2) is 51.8 Å². The molecule has 84 valence electrons. The van der Waals surface area contributed by atoms with Crippen molar-refractivity contribution in [3.63, 3.8) is 0 Å². The number of alkyl halides is 3. The first kappa shape index (κ1) is 12.1. The number of hydrogen-bond donors (Lipinski definition) is 3. The molecule has 6 atom stereocenters. The minimum Gasteiger partial charge on any atom is -0.389 e. The first-order valence-electron chi connectivity index (χ1n) is 3.77. The van der Waals surface area contributed by atoms with Gasteiger partial charge in [0, 0.05) is 0 Å². The van der Waals surface area contributed by atoms with Crippen LogP contribution in [0.25, 0.3) is 0 Å². The Kier molecular flexibility index (Phi) is 3.38. The number of hydrogen-bond acceptors (Lipinski definition) is 4. The SMILES string of the molecule is OC1OC(C(F)(F)F)C(O)C(O)C1P. The second-order valence-corrected chi connectivity index (χ2v) is 3.82. The largest absolute Gasteiger partial charge is 0.417 e. The van der Waals surface area contributed by atoms with Crippen molar-refractivity contribution in [3.05, 3.63) is 0 Å². The third-order valence-electron chi connectivity index (χ3n) is 1.99. The second kappa shape index (κ2) is 3.90. The zero-order chi connectivity index (χ0) is 11.1. The van der Waals surface area contributed by atoms with Gasteiger partial charge in [0.25, 0.3) is 0 Å². The molecular weight excluding hydrogens is 224 g/mol. The Labute approximate surface area is 79.9 Å². The van der Waals surface area contributed by atoms with Gasteiger partial charge in [-0.05, 0) is 0 Å². The highest BCUT2D eigenvalue weighted by Gasteiger charge is 2.54. The van der Waals surface area contributed by atoms with Crippen LogP contribution in [0.3, 0.4) is 0 Å². The lowest BCUT2D eigenvalue weighted by atomic mass is 10.0. The molecule has 1 heterocycles.